The lowest BCUT2D eigenvalue weighted by Crippen LogP contribution is -2.35. The Bertz CT molecular complexity index is 906. The monoisotopic (exact) mass is 431 g/mol. The Morgan fingerprint density at radius 1 is 1.19 bits per heavy atom. The zero-order valence-corrected chi connectivity index (χ0v) is 16.9. The number of anilines is 2. The van der Waals surface area contributed by atoms with Crippen LogP contribution in [-0.4, -0.2) is 56.3 Å². The van der Waals surface area contributed by atoms with E-state index in [2.05, 4.69) is 60.3 Å². The van der Waals surface area contributed by atoms with Gasteiger partial charge in [-0.25, -0.2) is 15.0 Å². The summed E-state index contributed by atoms with van der Waals surface area (Å²) >= 11 is 3.43. The summed E-state index contributed by atoms with van der Waals surface area (Å²) in [5, 5.41) is 6.08. The lowest BCUT2D eigenvalue weighted by Gasteiger charge is -2.17. The maximum atomic E-state index is 12.2. The SMILES string of the molecule is CCN(CC)CCNC(=O)c1ccc(Nc2ncc(Br)n3ccnc23)cn1. The van der Waals surface area contributed by atoms with Gasteiger partial charge in [0.05, 0.1) is 18.1 Å². The van der Waals surface area contributed by atoms with E-state index in [9.17, 15) is 4.79 Å². The molecule has 9 heteroatoms. The van der Waals surface area contributed by atoms with Gasteiger partial charge < -0.3 is 15.5 Å². The number of imidazole rings is 1. The second-order valence-electron chi connectivity index (χ2n) is 5.89. The van der Waals surface area contributed by atoms with Crippen molar-refractivity contribution in [1.82, 2.24) is 29.6 Å². The van der Waals surface area contributed by atoms with Crippen LogP contribution in [0.3, 0.4) is 0 Å². The van der Waals surface area contributed by atoms with Gasteiger partial charge in [-0.2, -0.15) is 0 Å². The Morgan fingerprint density at radius 2 is 2.00 bits per heavy atom. The lowest BCUT2D eigenvalue weighted by atomic mass is 10.3. The van der Waals surface area contributed by atoms with Gasteiger partial charge >= 0.3 is 0 Å². The van der Waals surface area contributed by atoms with Crippen molar-refractivity contribution in [3.63, 3.8) is 0 Å². The molecule has 0 radical (unpaired) electrons. The Kier molecular flexibility index (Phi) is 6.36. The highest BCUT2D eigenvalue weighted by molar-refractivity contribution is 9.10. The lowest BCUT2D eigenvalue weighted by molar-refractivity contribution is 0.0944. The molecule has 0 saturated heterocycles. The zero-order valence-electron chi connectivity index (χ0n) is 15.3. The molecule has 3 rings (SSSR count). The molecule has 0 bridgehead atoms. The average molecular weight is 432 g/mol. The van der Waals surface area contributed by atoms with Crippen molar-refractivity contribution in [2.75, 3.05) is 31.5 Å². The summed E-state index contributed by atoms with van der Waals surface area (Å²) in [5.74, 6) is 0.438. The van der Waals surface area contributed by atoms with Crippen molar-refractivity contribution in [1.29, 1.82) is 0 Å². The number of nitrogens with one attached hydrogen (secondary N) is 2. The third-order valence-corrected chi connectivity index (χ3v) is 4.84. The molecule has 3 aromatic rings. The van der Waals surface area contributed by atoms with E-state index in [-0.39, 0.29) is 5.91 Å². The molecule has 142 valence electrons. The summed E-state index contributed by atoms with van der Waals surface area (Å²) in [5.41, 5.74) is 1.81. The largest absolute Gasteiger partial charge is 0.349 e. The molecular weight excluding hydrogens is 410 g/mol. The Morgan fingerprint density at radius 3 is 2.70 bits per heavy atom. The molecule has 0 unspecified atom stereocenters. The third kappa shape index (κ3) is 4.61. The van der Waals surface area contributed by atoms with Crippen molar-refractivity contribution in [3.05, 3.63) is 47.2 Å². The maximum absolute atomic E-state index is 12.2. The van der Waals surface area contributed by atoms with Crippen LogP contribution in [0, 0.1) is 0 Å². The highest BCUT2D eigenvalue weighted by atomic mass is 79.9. The number of pyridine rings is 1. The van der Waals surface area contributed by atoms with E-state index in [4.69, 9.17) is 0 Å². The molecule has 0 aliphatic heterocycles. The molecule has 2 N–H and O–H groups in total. The minimum absolute atomic E-state index is 0.175. The maximum Gasteiger partial charge on any atom is 0.269 e. The summed E-state index contributed by atoms with van der Waals surface area (Å²) in [4.78, 5) is 27.4. The summed E-state index contributed by atoms with van der Waals surface area (Å²) < 4.78 is 2.69. The first-order valence-electron chi connectivity index (χ1n) is 8.83. The molecule has 3 heterocycles. The number of nitrogens with zero attached hydrogens (tertiary/aromatic N) is 5. The highest BCUT2D eigenvalue weighted by Gasteiger charge is 2.10. The van der Waals surface area contributed by atoms with Crippen LogP contribution >= 0.6 is 15.9 Å². The van der Waals surface area contributed by atoms with Crippen LogP contribution in [0.4, 0.5) is 11.5 Å². The minimum atomic E-state index is -0.175. The van der Waals surface area contributed by atoms with Gasteiger partial charge in [0.2, 0.25) is 0 Å². The molecule has 0 aliphatic rings. The van der Waals surface area contributed by atoms with E-state index < -0.39 is 0 Å². The highest BCUT2D eigenvalue weighted by Crippen LogP contribution is 2.21. The topological polar surface area (TPSA) is 87.5 Å². The predicted molar refractivity (Wildman–Crippen MR) is 108 cm³/mol. The smallest absolute Gasteiger partial charge is 0.269 e. The minimum Gasteiger partial charge on any atom is -0.349 e. The Hall–Kier alpha value is -2.52. The van der Waals surface area contributed by atoms with Crippen molar-refractivity contribution >= 4 is 39.0 Å². The normalized spacial score (nSPS) is 11.1. The summed E-state index contributed by atoms with van der Waals surface area (Å²) in [6.07, 6.45) is 6.86. The van der Waals surface area contributed by atoms with Crippen molar-refractivity contribution in [2.24, 2.45) is 0 Å². The van der Waals surface area contributed by atoms with E-state index >= 15 is 0 Å². The molecule has 0 aliphatic carbocycles. The second kappa shape index (κ2) is 8.92. The molecule has 0 aromatic carbocycles. The van der Waals surface area contributed by atoms with Gasteiger partial charge in [0.1, 0.15) is 10.3 Å². The molecule has 0 atom stereocenters. The Labute approximate surface area is 166 Å². The van der Waals surface area contributed by atoms with Crippen LogP contribution in [0.25, 0.3) is 5.65 Å². The number of fused-ring (bicyclic) bond motifs is 1. The first-order chi connectivity index (χ1) is 13.1. The fourth-order valence-electron chi connectivity index (χ4n) is 2.67. The standard InChI is InChI=1S/C18H22BrN7O/c1-3-25(4-2)9-7-21-18(27)14-6-5-13(11-22-14)24-16-17-20-8-10-26(17)15(19)12-23-16/h5-6,8,10-12H,3-4,7,9H2,1-2H3,(H,21,27)(H,23,24). The number of rotatable bonds is 8. The van der Waals surface area contributed by atoms with E-state index in [1.54, 1.807) is 30.7 Å². The summed E-state index contributed by atoms with van der Waals surface area (Å²) in [7, 11) is 0. The zero-order chi connectivity index (χ0) is 19.2. The van der Waals surface area contributed by atoms with Gasteiger partial charge in [-0.15, -0.1) is 0 Å². The van der Waals surface area contributed by atoms with Crippen LogP contribution in [0.5, 0.6) is 0 Å². The molecule has 8 nitrogen and oxygen atoms in total. The number of hydrogen-bond donors (Lipinski definition) is 2. The fraction of sp³-hybridized carbons (Fsp3) is 0.333. The molecular formula is C18H22BrN7O. The van der Waals surface area contributed by atoms with Gasteiger partial charge in [0.25, 0.3) is 5.91 Å². The summed E-state index contributed by atoms with van der Waals surface area (Å²) in [6, 6.07) is 3.49. The first-order valence-corrected chi connectivity index (χ1v) is 9.62. The molecule has 0 saturated carbocycles. The second-order valence-corrected chi connectivity index (χ2v) is 6.70. The van der Waals surface area contributed by atoms with Gasteiger partial charge in [-0.1, -0.05) is 13.8 Å². The molecule has 27 heavy (non-hydrogen) atoms. The van der Waals surface area contributed by atoms with Crippen LogP contribution in [0.1, 0.15) is 24.3 Å². The predicted octanol–water partition coefficient (Wildman–Crippen LogP) is 2.70. The molecule has 1 amide bonds. The van der Waals surface area contributed by atoms with Crippen molar-refractivity contribution < 1.29 is 4.79 Å². The van der Waals surface area contributed by atoms with Gasteiger partial charge in [0, 0.05) is 25.5 Å². The van der Waals surface area contributed by atoms with E-state index in [1.807, 2.05) is 10.6 Å². The number of hydrogen-bond acceptors (Lipinski definition) is 6. The van der Waals surface area contributed by atoms with Crippen molar-refractivity contribution in [2.45, 2.75) is 13.8 Å². The first kappa shape index (κ1) is 19.2. The number of halogens is 1. The van der Waals surface area contributed by atoms with Crippen LogP contribution in [0.2, 0.25) is 0 Å². The van der Waals surface area contributed by atoms with Crippen molar-refractivity contribution in [3.8, 4) is 0 Å². The quantitative estimate of drug-likeness (QED) is 0.569. The van der Waals surface area contributed by atoms with Crippen LogP contribution in [0.15, 0.2) is 41.5 Å². The fourth-order valence-corrected chi connectivity index (χ4v) is 3.06. The Balaban J connectivity index is 1.62. The van der Waals surface area contributed by atoms with Gasteiger partial charge in [-0.05, 0) is 41.2 Å². The summed E-state index contributed by atoms with van der Waals surface area (Å²) in [6.45, 7) is 7.58. The molecule has 3 aromatic heterocycles. The molecule has 0 fully saturated rings. The van der Waals surface area contributed by atoms with Crippen LogP contribution in [-0.2, 0) is 0 Å². The third-order valence-electron chi connectivity index (χ3n) is 4.25. The average Bonchev–Trinajstić information content (AvgIpc) is 3.19. The van der Waals surface area contributed by atoms with E-state index in [0.29, 0.717) is 23.7 Å². The number of amides is 1. The molecule has 0 spiro atoms. The number of aromatic nitrogens is 4. The van der Waals surface area contributed by atoms with Gasteiger partial charge in [-0.3, -0.25) is 9.20 Å². The van der Waals surface area contributed by atoms with E-state index in [0.717, 1.165) is 29.9 Å². The van der Waals surface area contributed by atoms with Gasteiger partial charge in [0.15, 0.2) is 11.5 Å². The number of carbonyl (C=O) groups is 1. The van der Waals surface area contributed by atoms with Crippen LogP contribution < -0.4 is 10.6 Å². The number of carbonyl (C=O) groups excluding carboxylic acids is 1. The number of likely N-dealkylation sites (N-methyl/N-ethyl adjacent to an activating group) is 1. The van der Waals surface area contributed by atoms with E-state index in [1.165, 1.54) is 0 Å².